The Bertz CT molecular complexity index is 442. The van der Waals surface area contributed by atoms with Gasteiger partial charge in [-0.3, -0.25) is 4.79 Å². The van der Waals surface area contributed by atoms with E-state index < -0.39 is 0 Å². The monoisotopic (exact) mass is 264 g/mol. The van der Waals surface area contributed by atoms with E-state index in [2.05, 4.69) is 5.32 Å². The largest absolute Gasteiger partial charge is 0.398 e. The lowest BCUT2D eigenvalue weighted by atomic mass is 10.1. The van der Waals surface area contributed by atoms with Gasteiger partial charge in [0.05, 0.1) is 13.2 Å². The fourth-order valence-corrected chi connectivity index (χ4v) is 1.95. The summed E-state index contributed by atoms with van der Waals surface area (Å²) in [6.07, 6.45) is 1.01. The molecule has 0 aliphatic carbocycles. The van der Waals surface area contributed by atoms with Gasteiger partial charge in [0.15, 0.2) is 0 Å². The zero-order chi connectivity index (χ0) is 13.7. The number of anilines is 2. The molecule has 1 aliphatic heterocycles. The average Bonchev–Trinajstić information content (AvgIpc) is 2.87. The maximum Gasteiger partial charge on any atom is 0.250 e. The van der Waals surface area contributed by atoms with E-state index in [4.69, 9.17) is 15.2 Å². The van der Waals surface area contributed by atoms with Crippen molar-refractivity contribution < 1.29 is 14.3 Å². The fraction of sp³-hybridized carbons (Fsp3) is 0.500. The molecular weight excluding hydrogens is 244 g/mol. The number of ether oxygens (including phenoxy) is 2. The molecule has 0 saturated carbocycles. The van der Waals surface area contributed by atoms with Gasteiger partial charge in [-0.05, 0) is 31.0 Å². The van der Waals surface area contributed by atoms with Crippen LogP contribution in [0.15, 0.2) is 18.2 Å². The summed E-state index contributed by atoms with van der Waals surface area (Å²) in [5, 5.41) is 2.76. The highest BCUT2D eigenvalue weighted by Gasteiger charge is 2.16. The number of benzene rings is 1. The average molecular weight is 264 g/mol. The predicted octanol–water partition coefficient (Wildman–Crippen LogP) is 1.57. The Hall–Kier alpha value is -1.59. The van der Waals surface area contributed by atoms with Crippen molar-refractivity contribution in [3.05, 3.63) is 23.8 Å². The molecule has 5 heteroatoms. The summed E-state index contributed by atoms with van der Waals surface area (Å²) in [4.78, 5) is 11.7. The van der Waals surface area contributed by atoms with Crippen LogP contribution in [0, 0.1) is 12.8 Å². The van der Waals surface area contributed by atoms with Crippen LogP contribution >= 0.6 is 0 Å². The lowest BCUT2D eigenvalue weighted by Gasteiger charge is -2.10. The lowest BCUT2D eigenvalue weighted by Crippen LogP contribution is -2.21. The molecule has 1 unspecified atom stereocenters. The number of aryl methyl sites for hydroxylation is 1. The second kappa shape index (κ2) is 6.54. The Morgan fingerprint density at radius 1 is 1.58 bits per heavy atom. The van der Waals surface area contributed by atoms with E-state index in [0.717, 1.165) is 25.2 Å². The molecular formula is C14H20N2O3. The van der Waals surface area contributed by atoms with Crippen molar-refractivity contribution in [2.24, 2.45) is 5.92 Å². The number of nitrogens with two attached hydrogens (primary N) is 1. The number of nitrogen functional groups attached to an aromatic ring is 1. The van der Waals surface area contributed by atoms with Crippen LogP contribution in [0.5, 0.6) is 0 Å². The van der Waals surface area contributed by atoms with Crippen LogP contribution in [0.25, 0.3) is 0 Å². The number of hydrogen-bond acceptors (Lipinski definition) is 4. The number of hydrogen-bond donors (Lipinski definition) is 2. The minimum atomic E-state index is -0.165. The van der Waals surface area contributed by atoms with Crippen LogP contribution in [0.2, 0.25) is 0 Å². The minimum absolute atomic E-state index is 0.0598. The molecule has 1 amide bonds. The van der Waals surface area contributed by atoms with Gasteiger partial charge in [-0.2, -0.15) is 0 Å². The molecule has 1 aliphatic rings. The first-order chi connectivity index (χ1) is 9.15. The molecule has 0 aromatic heterocycles. The third-order valence-electron chi connectivity index (χ3n) is 3.17. The first-order valence-corrected chi connectivity index (χ1v) is 6.46. The van der Waals surface area contributed by atoms with Crippen molar-refractivity contribution in [1.29, 1.82) is 0 Å². The van der Waals surface area contributed by atoms with Gasteiger partial charge in [0.2, 0.25) is 5.91 Å². The second-order valence-electron chi connectivity index (χ2n) is 4.86. The zero-order valence-corrected chi connectivity index (χ0v) is 11.1. The quantitative estimate of drug-likeness (QED) is 0.792. The smallest absolute Gasteiger partial charge is 0.250 e. The molecule has 1 atom stereocenters. The molecule has 2 rings (SSSR count). The van der Waals surface area contributed by atoms with Crippen LogP contribution in [0.3, 0.4) is 0 Å². The highest BCUT2D eigenvalue weighted by molar-refractivity contribution is 5.92. The van der Waals surface area contributed by atoms with Crippen LogP contribution in [-0.2, 0) is 14.3 Å². The summed E-state index contributed by atoms with van der Waals surface area (Å²) in [7, 11) is 0. The first-order valence-electron chi connectivity index (χ1n) is 6.46. The van der Waals surface area contributed by atoms with E-state index in [0.29, 0.717) is 23.9 Å². The molecule has 1 fully saturated rings. The Balaban J connectivity index is 1.72. The van der Waals surface area contributed by atoms with Gasteiger partial charge < -0.3 is 20.5 Å². The topological polar surface area (TPSA) is 73.6 Å². The molecule has 1 heterocycles. The molecule has 1 aromatic carbocycles. The molecule has 1 aromatic rings. The zero-order valence-electron chi connectivity index (χ0n) is 11.1. The van der Waals surface area contributed by atoms with Gasteiger partial charge in [0.1, 0.15) is 6.61 Å². The van der Waals surface area contributed by atoms with Crippen molar-refractivity contribution in [2.75, 3.05) is 37.5 Å². The Morgan fingerprint density at radius 2 is 2.42 bits per heavy atom. The number of rotatable bonds is 5. The maximum atomic E-state index is 11.7. The molecule has 3 N–H and O–H groups in total. The minimum Gasteiger partial charge on any atom is -0.398 e. The van der Waals surface area contributed by atoms with Gasteiger partial charge in [0, 0.05) is 23.9 Å². The third-order valence-corrected chi connectivity index (χ3v) is 3.17. The van der Waals surface area contributed by atoms with Crippen molar-refractivity contribution in [1.82, 2.24) is 0 Å². The van der Waals surface area contributed by atoms with Gasteiger partial charge in [-0.15, -0.1) is 0 Å². The molecule has 1 saturated heterocycles. The number of carbonyl (C=O) groups excluding carboxylic acids is 1. The summed E-state index contributed by atoms with van der Waals surface area (Å²) in [6, 6.07) is 5.45. The van der Waals surface area contributed by atoms with Crippen LogP contribution in [-0.4, -0.2) is 32.3 Å². The SMILES string of the molecule is Cc1ccc(NC(=O)COCC2CCOC2)cc1N. The third kappa shape index (κ3) is 4.22. The summed E-state index contributed by atoms with van der Waals surface area (Å²) in [6.45, 7) is 4.08. The molecule has 0 spiro atoms. The second-order valence-corrected chi connectivity index (χ2v) is 4.86. The first kappa shape index (κ1) is 13.8. The number of nitrogens with one attached hydrogen (secondary N) is 1. The van der Waals surface area contributed by atoms with Crippen molar-refractivity contribution in [3.8, 4) is 0 Å². The molecule has 104 valence electrons. The normalized spacial score (nSPS) is 18.5. The lowest BCUT2D eigenvalue weighted by molar-refractivity contribution is -0.121. The fourth-order valence-electron chi connectivity index (χ4n) is 1.95. The van der Waals surface area contributed by atoms with E-state index in [1.165, 1.54) is 0 Å². The van der Waals surface area contributed by atoms with Gasteiger partial charge >= 0.3 is 0 Å². The number of carbonyl (C=O) groups is 1. The molecule has 19 heavy (non-hydrogen) atoms. The van der Waals surface area contributed by atoms with Crippen LogP contribution < -0.4 is 11.1 Å². The van der Waals surface area contributed by atoms with Gasteiger partial charge in [0.25, 0.3) is 0 Å². The van der Waals surface area contributed by atoms with Crippen LogP contribution in [0.4, 0.5) is 11.4 Å². The summed E-state index contributed by atoms with van der Waals surface area (Å²) < 4.78 is 10.6. The van der Waals surface area contributed by atoms with Crippen molar-refractivity contribution in [2.45, 2.75) is 13.3 Å². The van der Waals surface area contributed by atoms with E-state index in [1.54, 1.807) is 6.07 Å². The number of amides is 1. The van der Waals surface area contributed by atoms with Gasteiger partial charge in [-0.1, -0.05) is 6.07 Å². The Labute approximate surface area is 113 Å². The summed E-state index contributed by atoms with van der Waals surface area (Å²) in [5.74, 6) is 0.255. The Kier molecular flexibility index (Phi) is 4.76. The standard InChI is InChI=1S/C14H20N2O3/c1-10-2-3-12(6-13(10)15)16-14(17)9-19-8-11-4-5-18-7-11/h2-3,6,11H,4-5,7-9,15H2,1H3,(H,16,17). The molecule has 0 bridgehead atoms. The van der Waals surface area contributed by atoms with Crippen LogP contribution in [0.1, 0.15) is 12.0 Å². The van der Waals surface area contributed by atoms with E-state index >= 15 is 0 Å². The highest BCUT2D eigenvalue weighted by Crippen LogP contribution is 2.17. The maximum absolute atomic E-state index is 11.7. The molecule has 5 nitrogen and oxygen atoms in total. The molecule has 0 radical (unpaired) electrons. The summed E-state index contributed by atoms with van der Waals surface area (Å²) in [5.41, 5.74) is 8.14. The van der Waals surface area contributed by atoms with E-state index in [9.17, 15) is 4.79 Å². The van der Waals surface area contributed by atoms with Crippen molar-refractivity contribution in [3.63, 3.8) is 0 Å². The highest BCUT2D eigenvalue weighted by atomic mass is 16.5. The van der Waals surface area contributed by atoms with E-state index in [1.807, 2.05) is 19.1 Å². The predicted molar refractivity (Wildman–Crippen MR) is 74.0 cm³/mol. The van der Waals surface area contributed by atoms with Crippen molar-refractivity contribution >= 4 is 17.3 Å². The van der Waals surface area contributed by atoms with Gasteiger partial charge in [-0.25, -0.2) is 0 Å². The van der Waals surface area contributed by atoms with E-state index in [-0.39, 0.29) is 12.5 Å². The summed E-state index contributed by atoms with van der Waals surface area (Å²) >= 11 is 0. The Morgan fingerprint density at radius 3 is 3.11 bits per heavy atom.